The first kappa shape index (κ1) is 7.87. The molecule has 0 aliphatic carbocycles. The smallest absolute Gasteiger partial charge is 0.144 e. The first-order chi connectivity index (χ1) is 4.75. The van der Waals surface area contributed by atoms with Crippen LogP contribution in [0.3, 0.4) is 0 Å². The van der Waals surface area contributed by atoms with Gasteiger partial charge in [0.25, 0.3) is 0 Å². The molecule has 4 heteroatoms. The quantitative estimate of drug-likeness (QED) is 0.765. The molecule has 0 aromatic carbocycles. The maximum absolute atomic E-state index is 12.9. The van der Waals surface area contributed by atoms with Crippen LogP contribution in [0.2, 0.25) is 0 Å². The van der Waals surface area contributed by atoms with E-state index in [-0.39, 0.29) is 12.4 Å². The minimum absolute atomic E-state index is 0.204. The largest absolute Gasteiger partial charge is 0.326 e. The van der Waals surface area contributed by atoms with Crippen LogP contribution in [0.25, 0.3) is 0 Å². The van der Waals surface area contributed by atoms with Gasteiger partial charge in [0.05, 0.1) is 3.57 Å². The molecule has 2 nitrogen and oxygen atoms in total. The second-order valence-corrected chi connectivity index (χ2v) is 2.96. The first-order valence-electron chi connectivity index (χ1n) is 2.73. The molecule has 0 spiro atoms. The highest BCUT2D eigenvalue weighted by Gasteiger charge is 2.02. The van der Waals surface area contributed by atoms with Crippen molar-refractivity contribution in [2.75, 3.05) is 0 Å². The minimum atomic E-state index is -0.252. The predicted octanol–water partition coefficient (Wildman–Crippen LogP) is 1.28. The molecule has 54 valence electrons. The van der Waals surface area contributed by atoms with E-state index < -0.39 is 0 Å². The van der Waals surface area contributed by atoms with Crippen LogP contribution in [0.1, 0.15) is 5.56 Å². The van der Waals surface area contributed by atoms with Crippen molar-refractivity contribution in [3.05, 3.63) is 27.3 Å². The molecule has 0 saturated heterocycles. The predicted molar refractivity (Wildman–Crippen MR) is 44.8 cm³/mol. The molecule has 0 radical (unpaired) electrons. The van der Waals surface area contributed by atoms with Crippen LogP contribution in [0.5, 0.6) is 0 Å². The molecule has 1 rings (SSSR count). The van der Waals surface area contributed by atoms with Gasteiger partial charge in [-0.05, 0) is 22.6 Å². The Morgan fingerprint density at radius 1 is 1.60 bits per heavy atom. The van der Waals surface area contributed by atoms with Crippen molar-refractivity contribution in [3.8, 4) is 0 Å². The van der Waals surface area contributed by atoms with Crippen LogP contribution >= 0.6 is 22.6 Å². The first-order valence-corrected chi connectivity index (χ1v) is 3.81. The molecule has 0 bridgehead atoms. The molecule has 10 heavy (non-hydrogen) atoms. The third-order valence-corrected chi connectivity index (χ3v) is 1.88. The van der Waals surface area contributed by atoms with Crippen molar-refractivity contribution >= 4 is 22.6 Å². The molecular weight excluding hydrogens is 246 g/mol. The summed E-state index contributed by atoms with van der Waals surface area (Å²) in [5.74, 6) is -0.252. The number of nitrogens with two attached hydrogens (primary N) is 1. The average molecular weight is 252 g/mol. The van der Waals surface area contributed by atoms with Crippen LogP contribution in [0, 0.1) is 9.39 Å². The van der Waals surface area contributed by atoms with Gasteiger partial charge >= 0.3 is 0 Å². The Balaban J connectivity index is 3.14. The number of hydrogen-bond acceptors (Lipinski definition) is 2. The lowest BCUT2D eigenvalue weighted by atomic mass is 10.3. The van der Waals surface area contributed by atoms with Gasteiger partial charge in [-0.25, -0.2) is 4.39 Å². The summed E-state index contributed by atoms with van der Waals surface area (Å²) in [7, 11) is 0. The molecule has 1 heterocycles. The van der Waals surface area contributed by atoms with E-state index in [0.29, 0.717) is 9.13 Å². The third kappa shape index (κ3) is 1.43. The van der Waals surface area contributed by atoms with E-state index in [9.17, 15) is 4.39 Å². The Hall–Kier alpha value is -0.230. The van der Waals surface area contributed by atoms with E-state index in [2.05, 4.69) is 4.98 Å². The summed E-state index contributed by atoms with van der Waals surface area (Å²) in [6, 6.07) is 0. The van der Waals surface area contributed by atoms with Crippen LogP contribution in [0.4, 0.5) is 4.39 Å². The molecule has 2 N–H and O–H groups in total. The topological polar surface area (TPSA) is 38.9 Å². The van der Waals surface area contributed by atoms with Gasteiger partial charge in [-0.3, -0.25) is 4.98 Å². The van der Waals surface area contributed by atoms with E-state index in [0.717, 1.165) is 0 Å². The standard InChI is InChI=1S/C6H6FIN2/c7-6-4(1-9)2-10-3-5(6)8/h2-3H,1,9H2. The molecule has 0 atom stereocenters. The molecule has 0 fully saturated rings. The van der Waals surface area contributed by atoms with E-state index in [1.54, 1.807) is 0 Å². The highest BCUT2D eigenvalue weighted by atomic mass is 127. The van der Waals surface area contributed by atoms with Crippen molar-refractivity contribution in [2.24, 2.45) is 5.73 Å². The highest BCUT2D eigenvalue weighted by molar-refractivity contribution is 14.1. The highest BCUT2D eigenvalue weighted by Crippen LogP contribution is 2.11. The zero-order chi connectivity index (χ0) is 7.56. The van der Waals surface area contributed by atoms with Gasteiger partial charge in [0.1, 0.15) is 5.82 Å². The molecule has 0 saturated carbocycles. The molecule has 0 amide bonds. The van der Waals surface area contributed by atoms with Gasteiger partial charge in [-0.2, -0.15) is 0 Å². The SMILES string of the molecule is NCc1cncc(I)c1F. The Morgan fingerprint density at radius 2 is 2.30 bits per heavy atom. The van der Waals surface area contributed by atoms with Crippen molar-refractivity contribution < 1.29 is 4.39 Å². The van der Waals surface area contributed by atoms with Crippen molar-refractivity contribution in [2.45, 2.75) is 6.54 Å². The number of rotatable bonds is 1. The normalized spacial score (nSPS) is 9.90. The van der Waals surface area contributed by atoms with Gasteiger partial charge < -0.3 is 5.73 Å². The van der Waals surface area contributed by atoms with Crippen molar-refractivity contribution in [1.82, 2.24) is 4.98 Å². The van der Waals surface area contributed by atoms with Crippen molar-refractivity contribution in [1.29, 1.82) is 0 Å². The summed E-state index contributed by atoms with van der Waals surface area (Å²) in [5.41, 5.74) is 5.70. The molecular formula is C6H6FIN2. The van der Waals surface area contributed by atoms with Crippen LogP contribution in [0.15, 0.2) is 12.4 Å². The molecule has 1 aromatic rings. The lowest BCUT2D eigenvalue weighted by Gasteiger charge is -1.98. The van der Waals surface area contributed by atoms with Gasteiger partial charge in [0, 0.05) is 24.5 Å². The van der Waals surface area contributed by atoms with E-state index >= 15 is 0 Å². The van der Waals surface area contributed by atoms with Crippen LogP contribution in [-0.2, 0) is 6.54 Å². The second kappa shape index (κ2) is 3.25. The summed E-state index contributed by atoms with van der Waals surface area (Å²) in [4.78, 5) is 3.79. The maximum Gasteiger partial charge on any atom is 0.144 e. The lowest BCUT2D eigenvalue weighted by molar-refractivity contribution is 0.600. The fraction of sp³-hybridized carbons (Fsp3) is 0.167. The van der Waals surface area contributed by atoms with Gasteiger partial charge in [0.15, 0.2) is 0 Å². The van der Waals surface area contributed by atoms with E-state index in [1.807, 2.05) is 22.6 Å². The summed E-state index contributed by atoms with van der Waals surface area (Å²) in [6.45, 7) is 0.204. The molecule has 0 aliphatic rings. The fourth-order valence-corrected chi connectivity index (χ4v) is 1.11. The summed E-state index contributed by atoms with van der Waals surface area (Å²) in [6.07, 6.45) is 2.91. The number of aromatic nitrogens is 1. The van der Waals surface area contributed by atoms with E-state index in [1.165, 1.54) is 12.4 Å². The Kier molecular flexibility index (Phi) is 2.56. The third-order valence-electron chi connectivity index (χ3n) is 1.13. The number of halogens is 2. The van der Waals surface area contributed by atoms with E-state index in [4.69, 9.17) is 5.73 Å². The lowest BCUT2D eigenvalue weighted by Crippen LogP contribution is -2.01. The minimum Gasteiger partial charge on any atom is -0.326 e. The summed E-state index contributed by atoms with van der Waals surface area (Å²) in [5, 5.41) is 0. The van der Waals surface area contributed by atoms with Crippen LogP contribution in [-0.4, -0.2) is 4.98 Å². The van der Waals surface area contributed by atoms with Crippen LogP contribution < -0.4 is 5.73 Å². The van der Waals surface area contributed by atoms with Gasteiger partial charge in [-0.15, -0.1) is 0 Å². The number of pyridine rings is 1. The number of nitrogens with zero attached hydrogens (tertiary/aromatic N) is 1. The summed E-state index contributed by atoms with van der Waals surface area (Å²) >= 11 is 1.88. The van der Waals surface area contributed by atoms with Gasteiger partial charge in [0.2, 0.25) is 0 Å². The van der Waals surface area contributed by atoms with Gasteiger partial charge in [-0.1, -0.05) is 0 Å². The fourth-order valence-electron chi connectivity index (χ4n) is 0.602. The number of hydrogen-bond donors (Lipinski definition) is 1. The maximum atomic E-state index is 12.9. The van der Waals surface area contributed by atoms with Crippen molar-refractivity contribution in [3.63, 3.8) is 0 Å². The zero-order valence-electron chi connectivity index (χ0n) is 5.14. The monoisotopic (exact) mass is 252 g/mol. The Bertz CT molecular complexity index is 239. The average Bonchev–Trinajstić information content (AvgIpc) is 1.95. The molecule has 0 unspecified atom stereocenters. The zero-order valence-corrected chi connectivity index (χ0v) is 7.30. The molecule has 1 aromatic heterocycles. The Labute approximate surface area is 71.8 Å². The second-order valence-electron chi connectivity index (χ2n) is 1.80. The Morgan fingerprint density at radius 3 is 2.80 bits per heavy atom. The molecule has 0 aliphatic heterocycles. The summed E-state index contributed by atoms with van der Waals surface area (Å²) < 4.78 is 13.4.